The van der Waals surface area contributed by atoms with Gasteiger partial charge in [0.2, 0.25) is 0 Å². The molecule has 0 radical (unpaired) electrons. The van der Waals surface area contributed by atoms with Gasteiger partial charge in [-0.1, -0.05) is 53.5 Å². The van der Waals surface area contributed by atoms with E-state index in [2.05, 4.69) is 32.9 Å². The standard InChI is InChI=1S/C18H11Cl2IN2O/c19-11-9-14(20)17(22-10-11)13-6-2-4-8-16(13)23-18(24)12-5-1-3-7-15(12)21/h1-10H,(H,23,24). The molecule has 3 rings (SSSR count). The van der Waals surface area contributed by atoms with Crippen LogP contribution in [0.5, 0.6) is 0 Å². The fourth-order valence-corrected chi connectivity index (χ4v) is 3.36. The van der Waals surface area contributed by atoms with E-state index in [9.17, 15) is 4.79 Å². The van der Waals surface area contributed by atoms with Crippen molar-refractivity contribution in [2.45, 2.75) is 0 Å². The van der Waals surface area contributed by atoms with Gasteiger partial charge in [-0.2, -0.15) is 0 Å². The molecular formula is C18H11Cl2IN2O. The molecule has 0 saturated heterocycles. The second kappa shape index (κ2) is 7.51. The number of rotatable bonds is 3. The van der Waals surface area contributed by atoms with E-state index in [0.717, 1.165) is 9.13 Å². The van der Waals surface area contributed by atoms with E-state index in [1.54, 1.807) is 12.1 Å². The van der Waals surface area contributed by atoms with Gasteiger partial charge in [-0.05, 0) is 46.9 Å². The summed E-state index contributed by atoms with van der Waals surface area (Å²) in [6, 6.07) is 16.4. The zero-order valence-corrected chi connectivity index (χ0v) is 15.9. The van der Waals surface area contributed by atoms with Crippen LogP contribution < -0.4 is 5.32 Å². The number of halogens is 3. The number of nitrogens with one attached hydrogen (secondary N) is 1. The number of hydrogen-bond acceptors (Lipinski definition) is 2. The lowest BCUT2D eigenvalue weighted by molar-refractivity contribution is 0.102. The average molecular weight is 469 g/mol. The largest absolute Gasteiger partial charge is 0.321 e. The maximum Gasteiger partial charge on any atom is 0.256 e. The molecule has 120 valence electrons. The molecule has 0 aliphatic carbocycles. The summed E-state index contributed by atoms with van der Waals surface area (Å²) in [5, 5.41) is 3.82. The Labute approximate surface area is 163 Å². The third-order valence-corrected chi connectivity index (χ3v) is 4.79. The highest BCUT2D eigenvalue weighted by Crippen LogP contribution is 2.33. The van der Waals surface area contributed by atoms with Crippen molar-refractivity contribution in [2.75, 3.05) is 5.32 Å². The Morgan fingerprint density at radius 2 is 1.75 bits per heavy atom. The molecule has 0 spiro atoms. The molecule has 24 heavy (non-hydrogen) atoms. The van der Waals surface area contributed by atoms with Crippen LogP contribution in [0.2, 0.25) is 10.0 Å². The van der Waals surface area contributed by atoms with Gasteiger partial charge in [0.05, 0.1) is 27.0 Å². The van der Waals surface area contributed by atoms with Gasteiger partial charge in [-0.25, -0.2) is 0 Å². The first-order chi connectivity index (χ1) is 11.6. The Morgan fingerprint density at radius 3 is 2.50 bits per heavy atom. The molecule has 1 amide bonds. The average Bonchev–Trinajstić information content (AvgIpc) is 2.56. The van der Waals surface area contributed by atoms with Crippen molar-refractivity contribution in [3.8, 4) is 11.3 Å². The summed E-state index contributed by atoms with van der Waals surface area (Å²) < 4.78 is 0.882. The topological polar surface area (TPSA) is 42.0 Å². The molecule has 0 fully saturated rings. The first-order valence-electron chi connectivity index (χ1n) is 7.02. The van der Waals surface area contributed by atoms with Gasteiger partial charge in [0.15, 0.2) is 0 Å². The van der Waals surface area contributed by atoms with Crippen LogP contribution in [0.4, 0.5) is 5.69 Å². The first-order valence-corrected chi connectivity index (χ1v) is 8.86. The van der Waals surface area contributed by atoms with Crippen molar-refractivity contribution < 1.29 is 4.79 Å². The Bertz CT molecular complexity index is 915. The van der Waals surface area contributed by atoms with Gasteiger partial charge in [0.25, 0.3) is 5.91 Å². The molecule has 1 aromatic heterocycles. The van der Waals surface area contributed by atoms with Crippen LogP contribution in [-0.4, -0.2) is 10.9 Å². The van der Waals surface area contributed by atoms with Crippen LogP contribution in [0.3, 0.4) is 0 Å². The number of carbonyl (C=O) groups is 1. The Morgan fingerprint density at radius 1 is 1.04 bits per heavy atom. The number of para-hydroxylation sites is 1. The molecule has 3 nitrogen and oxygen atoms in total. The molecule has 0 aliphatic rings. The van der Waals surface area contributed by atoms with Crippen molar-refractivity contribution in [1.29, 1.82) is 0 Å². The van der Waals surface area contributed by atoms with Crippen LogP contribution in [-0.2, 0) is 0 Å². The third kappa shape index (κ3) is 3.71. The van der Waals surface area contributed by atoms with Crippen molar-refractivity contribution >= 4 is 57.4 Å². The lowest BCUT2D eigenvalue weighted by Gasteiger charge is -2.12. The molecule has 0 saturated carbocycles. The van der Waals surface area contributed by atoms with Crippen LogP contribution >= 0.6 is 45.8 Å². The van der Waals surface area contributed by atoms with E-state index in [1.165, 1.54) is 6.20 Å². The number of pyridine rings is 1. The zero-order valence-electron chi connectivity index (χ0n) is 12.3. The van der Waals surface area contributed by atoms with Crippen LogP contribution in [0, 0.1) is 3.57 Å². The summed E-state index contributed by atoms with van der Waals surface area (Å²) in [6.45, 7) is 0. The highest BCUT2D eigenvalue weighted by Gasteiger charge is 2.14. The normalized spacial score (nSPS) is 10.5. The zero-order chi connectivity index (χ0) is 17.1. The lowest BCUT2D eigenvalue weighted by atomic mass is 10.1. The number of nitrogens with zero attached hydrogens (tertiary/aromatic N) is 1. The van der Waals surface area contributed by atoms with Crippen molar-refractivity contribution in [3.63, 3.8) is 0 Å². The smallest absolute Gasteiger partial charge is 0.256 e. The molecule has 2 aromatic carbocycles. The van der Waals surface area contributed by atoms with E-state index in [4.69, 9.17) is 23.2 Å². The van der Waals surface area contributed by atoms with Crippen LogP contribution in [0.1, 0.15) is 10.4 Å². The second-order valence-corrected chi connectivity index (χ2v) is 6.97. The number of amides is 1. The predicted molar refractivity (Wildman–Crippen MR) is 107 cm³/mol. The number of carbonyl (C=O) groups excluding carboxylic acids is 1. The van der Waals surface area contributed by atoms with Crippen LogP contribution in [0.15, 0.2) is 60.8 Å². The van der Waals surface area contributed by atoms with E-state index in [1.807, 2.05) is 42.5 Å². The van der Waals surface area contributed by atoms with Crippen molar-refractivity contribution in [3.05, 3.63) is 80.0 Å². The molecule has 0 atom stereocenters. The quantitative estimate of drug-likeness (QED) is 0.485. The Hall–Kier alpha value is -1.63. The monoisotopic (exact) mass is 468 g/mol. The van der Waals surface area contributed by atoms with Gasteiger partial charge in [-0.15, -0.1) is 0 Å². The first kappa shape index (κ1) is 17.2. The van der Waals surface area contributed by atoms with Crippen molar-refractivity contribution in [2.24, 2.45) is 0 Å². The van der Waals surface area contributed by atoms with E-state index in [-0.39, 0.29) is 5.91 Å². The van der Waals surface area contributed by atoms with Gasteiger partial charge in [-0.3, -0.25) is 9.78 Å². The molecule has 0 aliphatic heterocycles. The SMILES string of the molecule is O=C(Nc1ccccc1-c1ncc(Cl)cc1Cl)c1ccccc1I. The minimum Gasteiger partial charge on any atom is -0.321 e. The summed E-state index contributed by atoms with van der Waals surface area (Å²) in [5.74, 6) is -0.183. The van der Waals surface area contributed by atoms with Gasteiger partial charge < -0.3 is 5.32 Å². The molecule has 3 aromatic rings. The fraction of sp³-hybridized carbons (Fsp3) is 0. The number of benzene rings is 2. The Kier molecular flexibility index (Phi) is 5.38. The summed E-state index contributed by atoms with van der Waals surface area (Å²) in [6.07, 6.45) is 1.53. The summed E-state index contributed by atoms with van der Waals surface area (Å²) in [5.41, 5.74) is 2.56. The van der Waals surface area contributed by atoms with E-state index >= 15 is 0 Å². The molecule has 6 heteroatoms. The third-order valence-electron chi connectivity index (χ3n) is 3.36. The number of anilines is 1. The minimum atomic E-state index is -0.183. The predicted octanol–water partition coefficient (Wildman–Crippen LogP) is 5.91. The highest BCUT2D eigenvalue weighted by molar-refractivity contribution is 14.1. The maximum atomic E-state index is 12.6. The molecule has 1 heterocycles. The fourth-order valence-electron chi connectivity index (χ4n) is 2.25. The number of aromatic nitrogens is 1. The summed E-state index contributed by atoms with van der Waals surface area (Å²) in [7, 11) is 0. The van der Waals surface area contributed by atoms with E-state index in [0.29, 0.717) is 27.0 Å². The van der Waals surface area contributed by atoms with Gasteiger partial charge in [0, 0.05) is 15.3 Å². The minimum absolute atomic E-state index is 0.183. The molecular weight excluding hydrogens is 458 g/mol. The second-order valence-electron chi connectivity index (χ2n) is 4.96. The molecule has 1 N–H and O–H groups in total. The number of hydrogen-bond donors (Lipinski definition) is 1. The van der Waals surface area contributed by atoms with E-state index < -0.39 is 0 Å². The van der Waals surface area contributed by atoms with Crippen LogP contribution in [0.25, 0.3) is 11.3 Å². The maximum absolute atomic E-state index is 12.6. The van der Waals surface area contributed by atoms with Gasteiger partial charge in [0.1, 0.15) is 0 Å². The lowest BCUT2D eigenvalue weighted by Crippen LogP contribution is -2.14. The highest BCUT2D eigenvalue weighted by atomic mass is 127. The Balaban J connectivity index is 1.98. The van der Waals surface area contributed by atoms with Gasteiger partial charge >= 0.3 is 0 Å². The van der Waals surface area contributed by atoms with Crippen molar-refractivity contribution in [1.82, 2.24) is 4.98 Å². The molecule has 0 bridgehead atoms. The summed E-state index contributed by atoms with van der Waals surface area (Å²) >= 11 is 14.3. The summed E-state index contributed by atoms with van der Waals surface area (Å²) in [4.78, 5) is 16.9. The molecule has 0 unspecified atom stereocenters.